The molecule has 1 aliphatic rings. The van der Waals surface area contributed by atoms with Gasteiger partial charge in [-0.25, -0.2) is 18.9 Å². The number of pyridine rings is 1. The summed E-state index contributed by atoms with van der Waals surface area (Å²) in [7, 11) is 0. The van der Waals surface area contributed by atoms with Crippen LogP contribution in [0.1, 0.15) is 37.7 Å². The molecule has 1 aliphatic heterocycles. The van der Waals surface area contributed by atoms with E-state index < -0.39 is 17.5 Å². The molecule has 3 aromatic rings. The number of aromatic nitrogens is 3. The first-order valence-corrected chi connectivity index (χ1v) is 12.1. The van der Waals surface area contributed by atoms with Gasteiger partial charge in [0.25, 0.3) is 0 Å². The number of aryl methyl sites for hydroxylation is 1. The van der Waals surface area contributed by atoms with E-state index in [0.717, 1.165) is 28.2 Å². The van der Waals surface area contributed by atoms with Crippen LogP contribution in [0.25, 0.3) is 5.82 Å². The highest BCUT2D eigenvalue weighted by atomic mass is 32.2. The van der Waals surface area contributed by atoms with E-state index in [1.807, 2.05) is 52.8 Å². The maximum atomic E-state index is 14.5. The van der Waals surface area contributed by atoms with E-state index in [4.69, 9.17) is 9.47 Å². The van der Waals surface area contributed by atoms with Crippen LogP contribution in [-0.2, 0) is 10.5 Å². The SMILES string of the molecule is Cc1nn(-c2cc(OC3CN(C(=O)OC(C)(C)C)C3)c(F)cn2)c(C)c1SCc1ccccc1. The standard InChI is InChI=1S/C25H29FN4O3S/c1-16-23(34-15-18-9-7-6-8-10-18)17(2)30(28-16)22-11-21(20(26)12-27-22)32-19-13-29(14-19)24(31)33-25(3,4)5/h6-12,19H,13-15H2,1-5H3. The van der Waals surface area contributed by atoms with Gasteiger partial charge in [-0.15, -0.1) is 11.8 Å². The van der Waals surface area contributed by atoms with E-state index in [9.17, 15) is 9.18 Å². The number of halogens is 1. The van der Waals surface area contributed by atoms with Crippen LogP contribution in [0.15, 0.2) is 47.5 Å². The van der Waals surface area contributed by atoms with Crippen LogP contribution < -0.4 is 4.74 Å². The Kier molecular flexibility index (Phi) is 6.84. The van der Waals surface area contributed by atoms with E-state index in [-0.39, 0.29) is 11.9 Å². The molecule has 7 nitrogen and oxygen atoms in total. The van der Waals surface area contributed by atoms with E-state index in [2.05, 4.69) is 22.2 Å². The Bertz CT molecular complexity index is 1170. The molecule has 4 rings (SSSR count). The number of nitrogens with zero attached hydrogens (tertiary/aromatic N) is 4. The van der Waals surface area contributed by atoms with Crippen molar-refractivity contribution in [1.29, 1.82) is 0 Å². The lowest BCUT2D eigenvalue weighted by atomic mass is 10.1. The number of thioether (sulfide) groups is 1. The van der Waals surface area contributed by atoms with Crippen molar-refractivity contribution in [3.8, 4) is 11.6 Å². The number of likely N-dealkylation sites (tertiary alicyclic amines) is 1. The lowest BCUT2D eigenvalue weighted by molar-refractivity contribution is -0.0229. The first-order chi connectivity index (χ1) is 16.1. The number of hydrogen-bond donors (Lipinski definition) is 0. The summed E-state index contributed by atoms with van der Waals surface area (Å²) in [5.74, 6) is 0.839. The number of benzene rings is 1. The van der Waals surface area contributed by atoms with E-state index in [1.165, 1.54) is 10.5 Å². The van der Waals surface area contributed by atoms with Crippen LogP contribution in [0.2, 0.25) is 0 Å². The molecule has 0 radical (unpaired) electrons. The van der Waals surface area contributed by atoms with Crippen molar-refractivity contribution in [2.75, 3.05) is 13.1 Å². The summed E-state index contributed by atoms with van der Waals surface area (Å²) < 4.78 is 27.3. The van der Waals surface area contributed by atoms with Crippen LogP contribution in [0.3, 0.4) is 0 Å². The van der Waals surface area contributed by atoms with Crippen molar-refractivity contribution in [3.05, 3.63) is 65.4 Å². The predicted octanol–water partition coefficient (Wildman–Crippen LogP) is 5.31. The third kappa shape index (κ3) is 5.52. The third-order valence-corrected chi connectivity index (χ3v) is 6.62. The van der Waals surface area contributed by atoms with Crippen molar-refractivity contribution >= 4 is 17.9 Å². The van der Waals surface area contributed by atoms with Crippen molar-refractivity contribution in [2.45, 2.75) is 57.0 Å². The number of hydrogen-bond acceptors (Lipinski definition) is 6. The minimum atomic E-state index is -0.562. The van der Waals surface area contributed by atoms with Gasteiger partial charge in [0.05, 0.1) is 35.6 Å². The van der Waals surface area contributed by atoms with Crippen molar-refractivity contribution in [1.82, 2.24) is 19.7 Å². The van der Waals surface area contributed by atoms with Gasteiger partial charge >= 0.3 is 6.09 Å². The van der Waals surface area contributed by atoms with Gasteiger partial charge in [-0.2, -0.15) is 5.10 Å². The molecule has 0 N–H and O–H groups in total. The Hall–Kier alpha value is -3.07. The molecule has 1 amide bonds. The fourth-order valence-electron chi connectivity index (χ4n) is 3.57. The van der Waals surface area contributed by atoms with Gasteiger partial charge in [0.2, 0.25) is 0 Å². The Labute approximate surface area is 203 Å². The van der Waals surface area contributed by atoms with E-state index in [0.29, 0.717) is 18.9 Å². The number of carbonyl (C=O) groups is 1. The van der Waals surface area contributed by atoms with Crippen molar-refractivity contribution in [3.63, 3.8) is 0 Å². The summed E-state index contributed by atoms with van der Waals surface area (Å²) in [6.45, 7) is 10.1. The number of amides is 1. The molecule has 9 heteroatoms. The molecule has 1 saturated heterocycles. The molecule has 180 valence electrons. The summed E-state index contributed by atoms with van der Waals surface area (Å²) in [4.78, 5) is 18.9. The van der Waals surface area contributed by atoms with E-state index >= 15 is 0 Å². The zero-order valence-corrected chi connectivity index (χ0v) is 20.9. The fraction of sp³-hybridized carbons (Fsp3) is 0.400. The quantitative estimate of drug-likeness (QED) is 0.442. The van der Waals surface area contributed by atoms with Gasteiger partial charge in [-0.05, 0) is 40.2 Å². The highest BCUT2D eigenvalue weighted by molar-refractivity contribution is 7.98. The zero-order chi connectivity index (χ0) is 24.5. The maximum absolute atomic E-state index is 14.5. The molecule has 0 saturated carbocycles. The fourth-order valence-corrected chi connectivity index (χ4v) is 4.62. The minimum Gasteiger partial charge on any atom is -0.483 e. The number of rotatable bonds is 6. The summed E-state index contributed by atoms with van der Waals surface area (Å²) in [5.41, 5.74) is 2.49. The monoisotopic (exact) mass is 484 g/mol. The number of carbonyl (C=O) groups excluding carboxylic acids is 1. The normalized spacial score (nSPS) is 14.1. The molecule has 0 unspecified atom stereocenters. The molecule has 0 atom stereocenters. The molecule has 0 spiro atoms. The van der Waals surface area contributed by atoms with Crippen LogP contribution in [0, 0.1) is 19.7 Å². The molecule has 2 aromatic heterocycles. The van der Waals surface area contributed by atoms with Crippen molar-refractivity contribution < 1.29 is 18.7 Å². The molecular formula is C25H29FN4O3S. The second-order valence-corrected chi connectivity index (χ2v) is 10.3. The Morgan fingerprint density at radius 2 is 1.91 bits per heavy atom. The molecule has 0 bridgehead atoms. The molecule has 3 heterocycles. The Morgan fingerprint density at radius 3 is 2.59 bits per heavy atom. The van der Waals surface area contributed by atoms with Gasteiger partial charge in [0.1, 0.15) is 11.7 Å². The first kappa shape index (κ1) is 24.1. The van der Waals surface area contributed by atoms with Crippen LogP contribution >= 0.6 is 11.8 Å². The third-order valence-electron chi connectivity index (χ3n) is 5.27. The lowest BCUT2D eigenvalue weighted by Gasteiger charge is -2.39. The van der Waals surface area contributed by atoms with Gasteiger partial charge in [-0.1, -0.05) is 30.3 Å². The summed E-state index contributed by atoms with van der Waals surface area (Å²) in [6, 6.07) is 11.8. The molecule has 1 aromatic carbocycles. The van der Waals surface area contributed by atoms with Gasteiger partial charge < -0.3 is 14.4 Å². The smallest absolute Gasteiger partial charge is 0.410 e. The van der Waals surface area contributed by atoms with Crippen LogP contribution in [-0.4, -0.2) is 50.6 Å². The first-order valence-electron chi connectivity index (χ1n) is 11.1. The lowest BCUT2D eigenvalue weighted by Crippen LogP contribution is -2.57. The largest absolute Gasteiger partial charge is 0.483 e. The van der Waals surface area contributed by atoms with Crippen LogP contribution in [0.5, 0.6) is 5.75 Å². The second kappa shape index (κ2) is 9.66. The van der Waals surface area contributed by atoms with Gasteiger partial charge in [0.15, 0.2) is 17.4 Å². The average Bonchev–Trinajstić information content (AvgIpc) is 3.03. The summed E-state index contributed by atoms with van der Waals surface area (Å²) in [5, 5.41) is 4.63. The molecule has 1 fully saturated rings. The Balaban J connectivity index is 1.44. The summed E-state index contributed by atoms with van der Waals surface area (Å²) >= 11 is 1.71. The minimum absolute atomic E-state index is 0.0879. The topological polar surface area (TPSA) is 69.5 Å². The molecule has 34 heavy (non-hydrogen) atoms. The number of ether oxygens (including phenoxy) is 2. The van der Waals surface area contributed by atoms with Gasteiger partial charge in [-0.3, -0.25) is 0 Å². The molecular weight excluding hydrogens is 455 g/mol. The van der Waals surface area contributed by atoms with Crippen LogP contribution in [0.4, 0.5) is 9.18 Å². The highest BCUT2D eigenvalue weighted by Crippen LogP contribution is 2.31. The average molecular weight is 485 g/mol. The van der Waals surface area contributed by atoms with E-state index in [1.54, 1.807) is 22.5 Å². The summed E-state index contributed by atoms with van der Waals surface area (Å²) in [6.07, 6.45) is 0.434. The highest BCUT2D eigenvalue weighted by Gasteiger charge is 2.35. The molecule has 0 aliphatic carbocycles. The van der Waals surface area contributed by atoms with Gasteiger partial charge in [0, 0.05) is 11.8 Å². The van der Waals surface area contributed by atoms with Crippen molar-refractivity contribution in [2.24, 2.45) is 0 Å². The zero-order valence-electron chi connectivity index (χ0n) is 20.0. The predicted molar refractivity (Wildman–Crippen MR) is 129 cm³/mol. The Morgan fingerprint density at radius 1 is 1.21 bits per heavy atom. The second-order valence-electron chi connectivity index (χ2n) is 9.28. The maximum Gasteiger partial charge on any atom is 0.410 e.